The van der Waals surface area contributed by atoms with Gasteiger partial charge in [0, 0.05) is 0 Å². The predicted octanol–water partition coefficient (Wildman–Crippen LogP) is 2.99. The van der Waals surface area contributed by atoms with Gasteiger partial charge >= 0.3 is 0 Å². The summed E-state index contributed by atoms with van der Waals surface area (Å²) in [4.78, 5) is 0. The molecule has 16 heavy (non-hydrogen) atoms. The first-order valence-electron chi connectivity index (χ1n) is 6.12. The Morgan fingerprint density at radius 2 is 2.00 bits per heavy atom. The highest BCUT2D eigenvalue weighted by molar-refractivity contribution is 5.25. The first-order valence-corrected chi connectivity index (χ1v) is 6.12. The Labute approximate surface area is 97.3 Å². The molecule has 1 aliphatic heterocycles. The van der Waals surface area contributed by atoms with Crippen LogP contribution in [0.15, 0.2) is 24.3 Å². The third kappa shape index (κ3) is 2.63. The molecule has 1 aromatic carbocycles. The zero-order chi connectivity index (χ0) is 11.5. The van der Waals surface area contributed by atoms with E-state index in [-0.39, 0.29) is 12.2 Å². The van der Waals surface area contributed by atoms with E-state index in [4.69, 9.17) is 4.74 Å². The molecule has 0 radical (unpaired) electrons. The molecule has 0 aliphatic carbocycles. The fourth-order valence-electron chi connectivity index (χ4n) is 2.03. The highest BCUT2D eigenvalue weighted by Gasteiger charge is 2.43. The van der Waals surface area contributed by atoms with Crippen molar-refractivity contribution < 1.29 is 9.84 Å². The second-order valence-electron chi connectivity index (χ2n) is 4.64. The molecule has 1 fully saturated rings. The summed E-state index contributed by atoms with van der Waals surface area (Å²) in [5.74, 6) is 0. The minimum absolute atomic E-state index is 0.0225. The molecule has 1 saturated heterocycles. The molecule has 0 unspecified atom stereocenters. The Morgan fingerprint density at radius 3 is 2.62 bits per heavy atom. The van der Waals surface area contributed by atoms with Gasteiger partial charge in [-0.05, 0) is 18.9 Å². The second kappa shape index (κ2) is 4.98. The number of hydrogen-bond acceptors (Lipinski definition) is 2. The number of rotatable bonds is 5. The SMILES string of the molecule is CCCC[C@@H]1O[C@H]1[C@H](O)c1ccc(C)cc1. The molecule has 2 heteroatoms. The Hall–Kier alpha value is -0.860. The normalized spacial score (nSPS) is 25.4. The van der Waals surface area contributed by atoms with Gasteiger partial charge in [0.05, 0.1) is 6.10 Å². The lowest BCUT2D eigenvalue weighted by Gasteiger charge is -2.08. The lowest BCUT2D eigenvalue weighted by molar-refractivity contribution is 0.137. The van der Waals surface area contributed by atoms with Crippen LogP contribution in [0.3, 0.4) is 0 Å². The van der Waals surface area contributed by atoms with Crippen LogP contribution in [-0.2, 0) is 4.74 Å². The van der Waals surface area contributed by atoms with Crippen LogP contribution in [0.5, 0.6) is 0 Å². The number of hydrogen-bond donors (Lipinski definition) is 1. The fourth-order valence-corrected chi connectivity index (χ4v) is 2.03. The smallest absolute Gasteiger partial charge is 0.114 e. The van der Waals surface area contributed by atoms with Crippen molar-refractivity contribution in [2.75, 3.05) is 0 Å². The van der Waals surface area contributed by atoms with Crippen LogP contribution < -0.4 is 0 Å². The van der Waals surface area contributed by atoms with E-state index < -0.39 is 6.10 Å². The van der Waals surface area contributed by atoms with E-state index in [0.717, 1.165) is 12.0 Å². The predicted molar refractivity (Wildman–Crippen MR) is 64.3 cm³/mol. The number of unbranched alkanes of at least 4 members (excludes halogenated alkanes) is 1. The monoisotopic (exact) mass is 220 g/mol. The van der Waals surface area contributed by atoms with Gasteiger partial charge in [-0.25, -0.2) is 0 Å². The summed E-state index contributed by atoms with van der Waals surface area (Å²) >= 11 is 0. The lowest BCUT2D eigenvalue weighted by atomic mass is 10.0. The van der Waals surface area contributed by atoms with Crippen LogP contribution in [-0.4, -0.2) is 17.3 Å². The van der Waals surface area contributed by atoms with Crippen molar-refractivity contribution in [1.82, 2.24) is 0 Å². The van der Waals surface area contributed by atoms with Gasteiger partial charge in [-0.1, -0.05) is 49.6 Å². The van der Waals surface area contributed by atoms with Crippen molar-refractivity contribution in [2.24, 2.45) is 0 Å². The Morgan fingerprint density at radius 1 is 1.31 bits per heavy atom. The number of aryl methyl sites for hydroxylation is 1. The van der Waals surface area contributed by atoms with E-state index >= 15 is 0 Å². The minimum Gasteiger partial charge on any atom is -0.386 e. The summed E-state index contributed by atoms with van der Waals surface area (Å²) in [6.07, 6.45) is 3.28. The largest absolute Gasteiger partial charge is 0.386 e. The van der Waals surface area contributed by atoms with Gasteiger partial charge in [-0.2, -0.15) is 0 Å². The van der Waals surface area contributed by atoms with Crippen molar-refractivity contribution in [1.29, 1.82) is 0 Å². The van der Waals surface area contributed by atoms with Crippen molar-refractivity contribution in [3.05, 3.63) is 35.4 Å². The summed E-state index contributed by atoms with van der Waals surface area (Å²) in [6, 6.07) is 8.03. The van der Waals surface area contributed by atoms with Crippen LogP contribution in [0.4, 0.5) is 0 Å². The molecule has 0 amide bonds. The summed E-state index contributed by atoms with van der Waals surface area (Å²) in [7, 11) is 0. The molecule has 0 saturated carbocycles. The molecule has 2 rings (SSSR count). The van der Waals surface area contributed by atoms with Crippen molar-refractivity contribution in [3.63, 3.8) is 0 Å². The van der Waals surface area contributed by atoms with E-state index in [1.54, 1.807) is 0 Å². The van der Waals surface area contributed by atoms with E-state index in [2.05, 4.69) is 6.92 Å². The molecule has 0 aromatic heterocycles. The van der Waals surface area contributed by atoms with Crippen LogP contribution in [0.1, 0.15) is 43.4 Å². The van der Waals surface area contributed by atoms with Gasteiger partial charge in [0.2, 0.25) is 0 Å². The summed E-state index contributed by atoms with van der Waals surface area (Å²) in [6.45, 7) is 4.22. The Balaban J connectivity index is 1.89. The summed E-state index contributed by atoms with van der Waals surface area (Å²) < 4.78 is 5.52. The average molecular weight is 220 g/mol. The standard InChI is InChI=1S/C14H20O2/c1-3-4-5-12-14(16-12)13(15)11-8-6-10(2)7-9-11/h6-9,12-15H,3-5H2,1-2H3/t12-,13+,14+/m0/s1. The molecular formula is C14H20O2. The van der Waals surface area contributed by atoms with Gasteiger partial charge in [0.25, 0.3) is 0 Å². The quantitative estimate of drug-likeness (QED) is 0.774. The molecule has 1 aliphatic rings. The van der Waals surface area contributed by atoms with Gasteiger partial charge in [0.15, 0.2) is 0 Å². The first kappa shape index (κ1) is 11.6. The lowest BCUT2D eigenvalue weighted by Crippen LogP contribution is -2.08. The van der Waals surface area contributed by atoms with E-state index in [1.165, 1.54) is 18.4 Å². The van der Waals surface area contributed by atoms with Crippen molar-refractivity contribution in [3.8, 4) is 0 Å². The second-order valence-corrected chi connectivity index (χ2v) is 4.64. The van der Waals surface area contributed by atoms with Crippen LogP contribution in [0, 0.1) is 6.92 Å². The van der Waals surface area contributed by atoms with E-state index in [1.807, 2.05) is 31.2 Å². The molecule has 3 atom stereocenters. The van der Waals surface area contributed by atoms with E-state index in [9.17, 15) is 5.11 Å². The van der Waals surface area contributed by atoms with Crippen LogP contribution in [0.2, 0.25) is 0 Å². The molecule has 88 valence electrons. The number of aliphatic hydroxyl groups is 1. The molecule has 0 bridgehead atoms. The maximum absolute atomic E-state index is 10.1. The minimum atomic E-state index is -0.456. The summed E-state index contributed by atoms with van der Waals surface area (Å²) in [5.41, 5.74) is 2.18. The highest BCUT2D eigenvalue weighted by atomic mass is 16.6. The molecule has 1 aromatic rings. The van der Waals surface area contributed by atoms with Crippen LogP contribution in [0.25, 0.3) is 0 Å². The molecule has 0 spiro atoms. The number of ether oxygens (including phenoxy) is 1. The number of aliphatic hydroxyl groups excluding tert-OH is 1. The fraction of sp³-hybridized carbons (Fsp3) is 0.571. The molecule has 2 nitrogen and oxygen atoms in total. The zero-order valence-corrected chi connectivity index (χ0v) is 10.0. The molecule has 1 heterocycles. The maximum atomic E-state index is 10.1. The summed E-state index contributed by atoms with van der Waals surface area (Å²) in [5, 5.41) is 10.1. The Kier molecular flexibility index (Phi) is 3.62. The highest BCUT2D eigenvalue weighted by Crippen LogP contribution is 2.37. The van der Waals surface area contributed by atoms with Gasteiger partial charge in [-0.15, -0.1) is 0 Å². The topological polar surface area (TPSA) is 32.8 Å². The first-order chi connectivity index (χ1) is 7.72. The van der Waals surface area contributed by atoms with Crippen molar-refractivity contribution >= 4 is 0 Å². The average Bonchev–Trinajstić information content (AvgIpc) is 3.06. The number of epoxide rings is 1. The van der Waals surface area contributed by atoms with Crippen LogP contribution >= 0.6 is 0 Å². The van der Waals surface area contributed by atoms with E-state index in [0.29, 0.717) is 0 Å². The third-order valence-electron chi connectivity index (χ3n) is 3.19. The van der Waals surface area contributed by atoms with Gasteiger partial charge in [0.1, 0.15) is 12.2 Å². The number of benzene rings is 1. The molecular weight excluding hydrogens is 200 g/mol. The third-order valence-corrected chi connectivity index (χ3v) is 3.19. The zero-order valence-electron chi connectivity index (χ0n) is 10.0. The Bertz CT molecular complexity index is 331. The van der Waals surface area contributed by atoms with Crippen molar-refractivity contribution in [2.45, 2.75) is 51.4 Å². The van der Waals surface area contributed by atoms with Gasteiger partial charge < -0.3 is 9.84 Å². The molecule has 1 N–H and O–H groups in total. The van der Waals surface area contributed by atoms with Gasteiger partial charge in [-0.3, -0.25) is 0 Å². The maximum Gasteiger partial charge on any atom is 0.114 e.